The maximum absolute atomic E-state index is 5.41. The van der Waals surface area contributed by atoms with Crippen LogP contribution in [-0.4, -0.2) is 56.0 Å². The quantitative estimate of drug-likeness (QED) is 0.754. The Bertz CT molecular complexity index is 371. The highest BCUT2D eigenvalue weighted by Crippen LogP contribution is 2.14. The summed E-state index contributed by atoms with van der Waals surface area (Å²) in [6.07, 6.45) is 3.76. The smallest absolute Gasteiger partial charge is 0.225 e. The zero-order chi connectivity index (χ0) is 13.5. The first-order valence-electron chi connectivity index (χ1n) is 6.66. The van der Waals surface area contributed by atoms with Gasteiger partial charge in [0.25, 0.3) is 0 Å². The minimum absolute atomic E-state index is 0.333. The lowest BCUT2D eigenvalue weighted by atomic mass is 10.3. The molecule has 1 aromatic rings. The third-order valence-corrected chi connectivity index (χ3v) is 3.13. The number of anilines is 1. The van der Waals surface area contributed by atoms with Crippen molar-refractivity contribution in [3.63, 3.8) is 0 Å². The minimum atomic E-state index is 0.333. The Morgan fingerprint density at radius 1 is 1.47 bits per heavy atom. The van der Waals surface area contributed by atoms with E-state index in [9.17, 15) is 0 Å². The van der Waals surface area contributed by atoms with Gasteiger partial charge in [-0.3, -0.25) is 0 Å². The predicted molar refractivity (Wildman–Crippen MR) is 73.2 cm³/mol. The fourth-order valence-electron chi connectivity index (χ4n) is 2.02. The molecule has 0 bridgehead atoms. The van der Waals surface area contributed by atoms with E-state index in [1.54, 1.807) is 7.11 Å². The summed E-state index contributed by atoms with van der Waals surface area (Å²) < 4.78 is 10.4. The molecule has 1 unspecified atom stereocenters. The molecule has 0 spiro atoms. The monoisotopic (exact) mass is 266 g/mol. The van der Waals surface area contributed by atoms with Gasteiger partial charge < -0.3 is 19.7 Å². The summed E-state index contributed by atoms with van der Waals surface area (Å²) in [4.78, 5) is 11.1. The molecule has 1 aliphatic heterocycles. The number of nitrogens with one attached hydrogen (secondary N) is 1. The summed E-state index contributed by atoms with van der Waals surface area (Å²) in [5.41, 5.74) is 1.08. The van der Waals surface area contributed by atoms with Crippen LogP contribution in [0.15, 0.2) is 12.4 Å². The van der Waals surface area contributed by atoms with Crippen molar-refractivity contribution in [2.45, 2.75) is 19.5 Å². The van der Waals surface area contributed by atoms with Crippen molar-refractivity contribution >= 4 is 5.95 Å². The highest BCUT2D eigenvalue weighted by molar-refractivity contribution is 5.32. The molecule has 6 nitrogen and oxygen atoms in total. The van der Waals surface area contributed by atoms with Gasteiger partial charge >= 0.3 is 0 Å². The van der Waals surface area contributed by atoms with E-state index in [-0.39, 0.29) is 0 Å². The first-order chi connectivity index (χ1) is 9.31. The van der Waals surface area contributed by atoms with Gasteiger partial charge in [0.2, 0.25) is 5.95 Å². The standard InChI is InChI=1S/C13H22N4O2/c1-11-10-19-6-4-17(11)13-15-8-12(9-16-13)7-14-3-5-18-2/h8-9,11,14H,3-7,10H2,1-2H3. The summed E-state index contributed by atoms with van der Waals surface area (Å²) >= 11 is 0. The van der Waals surface area contributed by atoms with Crippen molar-refractivity contribution in [1.82, 2.24) is 15.3 Å². The molecular formula is C13H22N4O2. The Morgan fingerprint density at radius 2 is 2.26 bits per heavy atom. The average molecular weight is 266 g/mol. The van der Waals surface area contributed by atoms with Gasteiger partial charge in [0.05, 0.1) is 25.9 Å². The molecule has 106 valence electrons. The van der Waals surface area contributed by atoms with Crippen molar-refractivity contribution in [3.8, 4) is 0 Å². The van der Waals surface area contributed by atoms with Crippen LogP contribution in [-0.2, 0) is 16.0 Å². The second-order valence-corrected chi connectivity index (χ2v) is 4.68. The molecule has 1 saturated heterocycles. The van der Waals surface area contributed by atoms with Gasteiger partial charge in [-0.1, -0.05) is 0 Å². The van der Waals surface area contributed by atoms with Crippen LogP contribution in [0.1, 0.15) is 12.5 Å². The fourth-order valence-corrected chi connectivity index (χ4v) is 2.02. The maximum atomic E-state index is 5.41. The topological polar surface area (TPSA) is 59.5 Å². The van der Waals surface area contributed by atoms with Gasteiger partial charge in [-0.2, -0.15) is 0 Å². The van der Waals surface area contributed by atoms with E-state index in [0.717, 1.165) is 44.4 Å². The molecule has 0 aliphatic carbocycles. The van der Waals surface area contributed by atoms with E-state index >= 15 is 0 Å². The summed E-state index contributed by atoms with van der Waals surface area (Å²) in [7, 11) is 1.70. The Morgan fingerprint density at radius 3 is 2.95 bits per heavy atom. The van der Waals surface area contributed by atoms with Gasteiger partial charge in [0, 0.05) is 44.7 Å². The average Bonchev–Trinajstić information content (AvgIpc) is 2.45. The summed E-state index contributed by atoms with van der Waals surface area (Å²) in [6, 6.07) is 0.333. The SMILES string of the molecule is COCCNCc1cnc(N2CCOCC2C)nc1. The number of methoxy groups -OCH3 is 1. The number of aromatic nitrogens is 2. The van der Waals surface area contributed by atoms with Crippen molar-refractivity contribution in [2.75, 3.05) is 44.9 Å². The molecule has 1 aromatic heterocycles. The van der Waals surface area contributed by atoms with Crippen LogP contribution >= 0.6 is 0 Å². The first-order valence-corrected chi connectivity index (χ1v) is 6.66. The summed E-state index contributed by atoms with van der Waals surface area (Å²) in [6.45, 7) is 6.78. The molecule has 0 amide bonds. The second kappa shape index (κ2) is 7.37. The molecular weight excluding hydrogens is 244 g/mol. The number of hydrogen-bond donors (Lipinski definition) is 1. The second-order valence-electron chi connectivity index (χ2n) is 4.68. The fraction of sp³-hybridized carbons (Fsp3) is 0.692. The van der Waals surface area contributed by atoms with Crippen LogP contribution in [0.2, 0.25) is 0 Å². The Labute approximate surface area is 114 Å². The van der Waals surface area contributed by atoms with Gasteiger partial charge in [0.15, 0.2) is 0 Å². The van der Waals surface area contributed by atoms with Gasteiger partial charge in [-0.05, 0) is 6.92 Å². The number of morpholine rings is 1. The van der Waals surface area contributed by atoms with Crippen LogP contribution in [0.25, 0.3) is 0 Å². The third-order valence-electron chi connectivity index (χ3n) is 3.13. The summed E-state index contributed by atoms with van der Waals surface area (Å²) in [5.74, 6) is 0.788. The minimum Gasteiger partial charge on any atom is -0.383 e. The van der Waals surface area contributed by atoms with Gasteiger partial charge in [-0.15, -0.1) is 0 Å². The molecule has 1 aliphatic rings. The molecule has 0 radical (unpaired) electrons. The lowest BCUT2D eigenvalue weighted by Gasteiger charge is -2.33. The Balaban J connectivity index is 1.87. The van der Waals surface area contributed by atoms with E-state index in [0.29, 0.717) is 12.6 Å². The summed E-state index contributed by atoms with van der Waals surface area (Å²) in [5, 5.41) is 3.27. The van der Waals surface area contributed by atoms with Crippen LogP contribution in [0.3, 0.4) is 0 Å². The van der Waals surface area contributed by atoms with Crippen molar-refractivity contribution < 1.29 is 9.47 Å². The highest BCUT2D eigenvalue weighted by atomic mass is 16.5. The van der Waals surface area contributed by atoms with Crippen LogP contribution in [0, 0.1) is 0 Å². The third kappa shape index (κ3) is 4.12. The molecule has 0 saturated carbocycles. The molecule has 6 heteroatoms. The number of nitrogens with zero attached hydrogens (tertiary/aromatic N) is 3. The van der Waals surface area contributed by atoms with E-state index in [1.807, 2.05) is 12.4 Å². The van der Waals surface area contributed by atoms with E-state index in [4.69, 9.17) is 9.47 Å². The molecule has 1 fully saturated rings. The van der Waals surface area contributed by atoms with E-state index in [2.05, 4.69) is 27.1 Å². The van der Waals surface area contributed by atoms with Crippen LogP contribution < -0.4 is 10.2 Å². The van der Waals surface area contributed by atoms with E-state index in [1.165, 1.54) is 0 Å². The van der Waals surface area contributed by atoms with Crippen molar-refractivity contribution in [2.24, 2.45) is 0 Å². The predicted octanol–water partition coefficient (Wildman–Crippen LogP) is 0.438. The molecule has 19 heavy (non-hydrogen) atoms. The molecule has 1 N–H and O–H groups in total. The first kappa shape index (κ1) is 14.2. The molecule has 0 aromatic carbocycles. The Hall–Kier alpha value is -1.24. The molecule has 1 atom stereocenters. The largest absolute Gasteiger partial charge is 0.383 e. The number of rotatable bonds is 6. The van der Waals surface area contributed by atoms with E-state index < -0.39 is 0 Å². The van der Waals surface area contributed by atoms with Crippen molar-refractivity contribution in [1.29, 1.82) is 0 Å². The highest BCUT2D eigenvalue weighted by Gasteiger charge is 2.20. The Kier molecular flexibility index (Phi) is 5.50. The normalized spacial score (nSPS) is 19.7. The number of ether oxygens (including phenoxy) is 2. The van der Waals surface area contributed by atoms with Crippen LogP contribution in [0.5, 0.6) is 0 Å². The van der Waals surface area contributed by atoms with Crippen LogP contribution in [0.4, 0.5) is 5.95 Å². The maximum Gasteiger partial charge on any atom is 0.225 e. The molecule has 2 heterocycles. The molecule has 2 rings (SSSR count). The number of hydrogen-bond acceptors (Lipinski definition) is 6. The van der Waals surface area contributed by atoms with Crippen molar-refractivity contribution in [3.05, 3.63) is 18.0 Å². The zero-order valence-corrected chi connectivity index (χ0v) is 11.6. The lowest BCUT2D eigenvalue weighted by molar-refractivity contribution is 0.0981. The lowest BCUT2D eigenvalue weighted by Crippen LogP contribution is -2.44. The van der Waals surface area contributed by atoms with Gasteiger partial charge in [0.1, 0.15) is 0 Å². The zero-order valence-electron chi connectivity index (χ0n) is 11.6. The van der Waals surface area contributed by atoms with Gasteiger partial charge in [-0.25, -0.2) is 9.97 Å².